The lowest BCUT2D eigenvalue weighted by atomic mass is 9.96. The summed E-state index contributed by atoms with van der Waals surface area (Å²) in [6.07, 6.45) is 7.91. The van der Waals surface area contributed by atoms with Gasteiger partial charge in [-0.2, -0.15) is 5.10 Å². The van der Waals surface area contributed by atoms with Gasteiger partial charge in [0.25, 0.3) is 0 Å². The van der Waals surface area contributed by atoms with Gasteiger partial charge in [0, 0.05) is 12.7 Å². The summed E-state index contributed by atoms with van der Waals surface area (Å²) in [5.74, 6) is 1.47. The average Bonchev–Trinajstić information content (AvgIpc) is 2.76. The third-order valence-electron chi connectivity index (χ3n) is 3.22. The van der Waals surface area contributed by atoms with Crippen molar-refractivity contribution in [1.82, 2.24) is 15.1 Å². The predicted octanol–water partition coefficient (Wildman–Crippen LogP) is 3.11. The van der Waals surface area contributed by atoms with Crippen molar-refractivity contribution >= 4 is 0 Å². The van der Waals surface area contributed by atoms with Crippen molar-refractivity contribution in [3.63, 3.8) is 0 Å². The molecule has 0 spiro atoms. The van der Waals surface area contributed by atoms with Gasteiger partial charge in [0.2, 0.25) is 0 Å². The Morgan fingerprint density at radius 2 is 2.06 bits per heavy atom. The molecule has 1 aromatic rings. The summed E-state index contributed by atoms with van der Waals surface area (Å²) in [6.45, 7) is 12.1. The third kappa shape index (κ3) is 5.67. The van der Waals surface area contributed by atoms with E-state index >= 15 is 0 Å². The van der Waals surface area contributed by atoms with Gasteiger partial charge in [-0.25, -0.2) is 0 Å². The second kappa shape index (κ2) is 8.30. The van der Waals surface area contributed by atoms with Crippen molar-refractivity contribution < 1.29 is 0 Å². The minimum Gasteiger partial charge on any atom is -0.316 e. The molecule has 1 N–H and O–H groups in total. The van der Waals surface area contributed by atoms with Crippen LogP contribution in [-0.2, 0) is 13.0 Å². The lowest BCUT2D eigenvalue weighted by Crippen LogP contribution is -2.27. The van der Waals surface area contributed by atoms with Gasteiger partial charge in [-0.15, -0.1) is 0 Å². The van der Waals surface area contributed by atoms with Crippen molar-refractivity contribution in [1.29, 1.82) is 0 Å². The molecular weight excluding hydrogens is 222 g/mol. The van der Waals surface area contributed by atoms with E-state index in [0.29, 0.717) is 0 Å². The van der Waals surface area contributed by atoms with E-state index in [1.165, 1.54) is 18.4 Å². The number of rotatable bonds is 9. The Morgan fingerprint density at radius 3 is 2.61 bits per heavy atom. The van der Waals surface area contributed by atoms with Crippen LogP contribution in [0, 0.1) is 11.8 Å². The molecule has 0 aliphatic heterocycles. The largest absolute Gasteiger partial charge is 0.316 e. The van der Waals surface area contributed by atoms with Crippen molar-refractivity contribution in [3.05, 3.63) is 18.0 Å². The van der Waals surface area contributed by atoms with E-state index < -0.39 is 0 Å². The molecule has 18 heavy (non-hydrogen) atoms. The zero-order valence-electron chi connectivity index (χ0n) is 12.4. The summed E-state index contributed by atoms with van der Waals surface area (Å²) in [5.41, 5.74) is 1.38. The Balaban J connectivity index is 2.41. The lowest BCUT2D eigenvalue weighted by molar-refractivity contribution is 0.421. The van der Waals surface area contributed by atoms with Crippen molar-refractivity contribution in [2.75, 3.05) is 13.1 Å². The molecule has 3 nitrogen and oxygen atoms in total. The maximum atomic E-state index is 4.35. The van der Waals surface area contributed by atoms with Crippen LogP contribution in [-0.4, -0.2) is 22.9 Å². The van der Waals surface area contributed by atoms with Crippen LogP contribution < -0.4 is 5.32 Å². The summed E-state index contributed by atoms with van der Waals surface area (Å²) >= 11 is 0. The Hall–Kier alpha value is -0.830. The van der Waals surface area contributed by atoms with Crippen LogP contribution in [0.1, 0.15) is 46.1 Å². The summed E-state index contributed by atoms with van der Waals surface area (Å²) in [4.78, 5) is 0. The van der Waals surface area contributed by atoms with E-state index in [0.717, 1.165) is 37.9 Å². The fourth-order valence-corrected chi connectivity index (χ4v) is 2.28. The highest BCUT2D eigenvalue weighted by molar-refractivity contribution is 5.05. The van der Waals surface area contributed by atoms with Gasteiger partial charge in [0.05, 0.1) is 6.20 Å². The first-order chi connectivity index (χ1) is 8.65. The minimum absolute atomic E-state index is 0.732. The number of hydrogen-bond donors (Lipinski definition) is 1. The van der Waals surface area contributed by atoms with Gasteiger partial charge in [0.15, 0.2) is 0 Å². The zero-order valence-corrected chi connectivity index (χ0v) is 12.4. The van der Waals surface area contributed by atoms with Crippen LogP contribution in [0.25, 0.3) is 0 Å². The second-order valence-electron chi connectivity index (χ2n) is 5.62. The standard InChI is InChI=1S/C15H29N3/c1-5-7-14(10-16-9-13(3)4)8-15-11-17-18(6-2)12-15/h11-14,16H,5-10H2,1-4H3. The molecule has 104 valence electrons. The van der Waals surface area contributed by atoms with Crippen LogP contribution >= 0.6 is 0 Å². The fourth-order valence-electron chi connectivity index (χ4n) is 2.28. The smallest absolute Gasteiger partial charge is 0.0521 e. The number of hydrogen-bond acceptors (Lipinski definition) is 2. The summed E-state index contributed by atoms with van der Waals surface area (Å²) < 4.78 is 2.01. The number of nitrogens with one attached hydrogen (secondary N) is 1. The van der Waals surface area contributed by atoms with E-state index in [2.05, 4.69) is 44.3 Å². The molecule has 1 atom stereocenters. The van der Waals surface area contributed by atoms with Crippen LogP contribution in [0.5, 0.6) is 0 Å². The molecule has 0 bridgehead atoms. The van der Waals surface area contributed by atoms with Gasteiger partial charge < -0.3 is 5.32 Å². The maximum Gasteiger partial charge on any atom is 0.0521 e. The van der Waals surface area contributed by atoms with Crippen LogP contribution in [0.4, 0.5) is 0 Å². The number of nitrogens with zero attached hydrogens (tertiary/aromatic N) is 2. The highest BCUT2D eigenvalue weighted by Gasteiger charge is 2.10. The summed E-state index contributed by atoms with van der Waals surface area (Å²) in [5, 5.41) is 7.94. The highest BCUT2D eigenvalue weighted by atomic mass is 15.3. The van der Waals surface area contributed by atoms with Crippen LogP contribution in [0.2, 0.25) is 0 Å². The Kier molecular flexibility index (Phi) is 7.02. The van der Waals surface area contributed by atoms with Gasteiger partial charge in [-0.1, -0.05) is 27.2 Å². The van der Waals surface area contributed by atoms with Crippen molar-refractivity contribution in [2.24, 2.45) is 11.8 Å². The normalized spacial score (nSPS) is 13.2. The topological polar surface area (TPSA) is 29.9 Å². The van der Waals surface area contributed by atoms with Crippen molar-refractivity contribution in [3.8, 4) is 0 Å². The molecule has 0 aliphatic carbocycles. The van der Waals surface area contributed by atoms with Gasteiger partial charge in [-0.05, 0) is 50.3 Å². The molecule has 1 heterocycles. The number of aryl methyl sites for hydroxylation is 1. The Bertz CT molecular complexity index is 317. The lowest BCUT2D eigenvalue weighted by Gasteiger charge is -2.17. The van der Waals surface area contributed by atoms with E-state index in [4.69, 9.17) is 0 Å². The molecule has 1 unspecified atom stereocenters. The predicted molar refractivity (Wildman–Crippen MR) is 77.7 cm³/mol. The quantitative estimate of drug-likeness (QED) is 0.731. The molecule has 0 aliphatic rings. The highest BCUT2D eigenvalue weighted by Crippen LogP contribution is 2.13. The molecule has 1 aromatic heterocycles. The van der Waals surface area contributed by atoms with Crippen molar-refractivity contribution in [2.45, 2.75) is 53.5 Å². The molecular formula is C15H29N3. The molecule has 0 saturated carbocycles. The second-order valence-corrected chi connectivity index (χ2v) is 5.62. The fraction of sp³-hybridized carbons (Fsp3) is 0.800. The Morgan fingerprint density at radius 1 is 1.28 bits per heavy atom. The first kappa shape index (κ1) is 15.2. The van der Waals surface area contributed by atoms with Gasteiger partial charge >= 0.3 is 0 Å². The average molecular weight is 251 g/mol. The SMILES string of the molecule is CCCC(CNCC(C)C)Cc1cnn(CC)c1. The summed E-state index contributed by atoms with van der Waals surface area (Å²) in [6, 6.07) is 0. The van der Waals surface area contributed by atoms with Gasteiger partial charge in [-0.3, -0.25) is 4.68 Å². The maximum absolute atomic E-state index is 4.35. The first-order valence-corrected chi connectivity index (χ1v) is 7.37. The van der Waals surface area contributed by atoms with E-state index in [1.54, 1.807) is 0 Å². The van der Waals surface area contributed by atoms with E-state index in [-0.39, 0.29) is 0 Å². The van der Waals surface area contributed by atoms with E-state index in [1.807, 2.05) is 10.9 Å². The Labute approximate surface area is 112 Å². The minimum atomic E-state index is 0.732. The third-order valence-corrected chi connectivity index (χ3v) is 3.22. The van der Waals surface area contributed by atoms with Crippen LogP contribution in [0.15, 0.2) is 12.4 Å². The van der Waals surface area contributed by atoms with E-state index in [9.17, 15) is 0 Å². The summed E-state index contributed by atoms with van der Waals surface area (Å²) in [7, 11) is 0. The molecule has 0 fully saturated rings. The van der Waals surface area contributed by atoms with Gasteiger partial charge in [0.1, 0.15) is 0 Å². The monoisotopic (exact) mass is 251 g/mol. The molecule has 0 aromatic carbocycles. The molecule has 3 heteroatoms. The molecule has 0 amide bonds. The zero-order chi connectivity index (χ0) is 13.4. The number of aromatic nitrogens is 2. The molecule has 0 radical (unpaired) electrons. The molecule has 1 rings (SSSR count). The van der Waals surface area contributed by atoms with Crippen LogP contribution in [0.3, 0.4) is 0 Å². The molecule has 0 saturated heterocycles. The first-order valence-electron chi connectivity index (χ1n) is 7.37.